The average Bonchev–Trinajstić information content (AvgIpc) is 3.17. The zero-order valence-electron chi connectivity index (χ0n) is 17.9. The number of carbonyl (C=O) groups excluding carboxylic acids is 1. The maximum Gasteiger partial charge on any atom is 0.233 e. The van der Waals surface area contributed by atoms with Crippen LogP contribution in [0.2, 0.25) is 5.02 Å². The smallest absolute Gasteiger partial charge is 0.233 e. The van der Waals surface area contributed by atoms with Crippen molar-refractivity contribution >= 4 is 29.3 Å². The van der Waals surface area contributed by atoms with Gasteiger partial charge in [-0.15, -0.1) is 10.2 Å². The summed E-state index contributed by atoms with van der Waals surface area (Å²) in [5.41, 5.74) is 1.17. The first-order valence-electron chi connectivity index (χ1n) is 10.4. The van der Waals surface area contributed by atoms with E-state index in [1.165, 1.54) is 46.3 Å². The lowest BCUT2D eigenvalue weighted by atomic mass is 10.2. The first-order valence-corrected chi connectivity index (χ1v) is 11.8. The molecule has 0 spiro atoms. The van der Waals surface area contributed by atoms with Crippen LogP contribution in [-0.2, 0) is 17.9 Å². The minimum atomic E-state index is -0.338. The molecule has 0 radical (unpaired) electrons. The topological polar surface area (TPSA) is 89.5 Å². The predicted octanol–water partition coefficient (Wildman–Crippen LogP) is 2.80. The first kappa shape index (κ1) is 23.3. The lowest BCUT2D eigenvalue weighted by molar-refractivity contribution is -0.130. The lowest BCUT2D eigenvalue weighted by Gasteiger charge is -2.34. The number of benzene rings is 2. The number of nitrogen functional groups attached to an aromatic ring is 1. The van der Waals surface area contributed by atoms with E-state index in [0.717, 1.165) is 24.7 Å². The third-order valence-corrected chi connectivity index (χ3v) is 6.42. The molecule has 1 aromatic heterocycles. The molecule has 1 fully saturated rings. The minimum Gasteiger partial charge on any atom is -0.486 e. The van der Waals surface area contributed by atoms with Crippen molar-refractivity contribution in [1.82, 2.24) is 24.7 Å². The van der Waals surface area contributed by atoms with Crippen LogP contribution in [0.3, 0.4) is 0 Å². The van der Waals surface area contributed by atoms with Crippen LogP contribution in [0.1, 0.15) is 11.4 Å². The Hall–Kier alpha value is -2.82. The van der Waals surface area contributed by atoms with Crippen molar-refractivity contribution in [2.75, 3.05) is 37.8 Å². The average molecular weight is 491 g/mol. The van der Waals surface area contributed by atoms with Gasteiger partial charge in [0.2, 0.25) is 11.1 Å². The highest BCUT2D eigenvalue weighted by molar-refractivity contribution is 7.99. The van der Waals surface area contributed by atoms with Crippen LogP contribution < -0.4 is 10.6 Å². The number of piperazine rings is 1. The third-order valence-electron chi connectivity index (χ3n) is 5.26. The van der Waals surface area contributed by atoms with Crippen LogP contribution in [0.4, 0.5) is 4.39 Å². The van der Waals surface area contributed by atoms with Crippen LogP contribution in [0.15, 0.2) is 53.7 Å². The van der Waals surface area contributed by atoms with Crippen LogP contribution >= 0.6 is 23.4 Å². The summed E-state index contributed by atoms with van der Waals surface area (Å²) in [5, 5.41) is 9.23. The summed E-state index contributed by atoms with van der Waals surface area (Å²) in [6.45, 7) is 3.86. The van der Waals surface area contributed by atoms with Gasteiger partial charge in [-0.2, -0.15) is 0 Å². The van der Waals surface area contributed by atoms with Gasteiger partial charge in [0.05, 0.1) is 5.75 Å². The number of nitrogens with zero attached hydrogens (tertiary/aromatic N) is 5. The molecule has 8 nitrogen and oxygen atoms in total. The normalized spacial score (nSPS) is 14.4. The molecular formula is C22H24ClFN6O2S. The second-order valence-electron chi connectivity index (χ2n) is 7.59. The van der Waals surface area contributed by atoms with Gasteiger partial charge >= 0.3 is 0 Å². The summed E-state index contributed by atoms with van der Waals surface area (Å²) in [6.07, 6.45) is 0. The maximum atomic E-state index is 13.0. The summed E-state index contributed by atoms with van der Waals surface area (Å²) in [7, 11) is 0. The number of rotatable bonds is 8. The standard InChI is InChI=1S/C22H24ClFN6O2S/c23-17-3-1-2-16(12-17)13-28-8-10-29(11-9-28)21(31)15-33-22-27-26-20(30(22)25)14-32-19-6-4-18(24)5-7-19/h1-7,12H,8-11,13-15,25H2. The number of halogens is 2. The molecule has 1 amide bonds. The molecule has 1 saturated heterocycles. The number of carbonyl (C=O) groups is 1. The van der Waals surface area contributed by atoms with Gasteiger partial charge in [-0.1, -0.05) is 35.5 Å². The Labute approximate surface area is 200 Å². The molecule has 11 heteroatoms. The van der Waals surface area contributed by atoms with E-state index in [9.17, 15) is 9.18 Å². The van der Waals surface area contributed by atoms with Crippen molar-refractivity contribution in [2.45, 2.75) is 18.3 Å². The van der Waals surface area contributed by atoms with Crippen molar-refractivity contribution < 1.29 is 13.9 Å². The Bertz CT molecular complexity index is 1090. The molecule has 33 heavy (non-hydrogen) atoms. The molecule has 2 N–H and O–H groups in total. The Morgan fingerprint density at radius 2 is 1.88 bits per heavy atom. The Kier molecular flexibility index (Phi) is 7.69. The third kappa shape index (κ3) is 6.37. The number of hydrogen-bond donors (Lipinski definition) is 1. The van der Waals surface area contributed by atoms with Crippen LogP contribution in [0.5, 0.6) is 5.75 Å². The molecular weight excluding hydrogens is 467 g/mol. The molecule has 2 aromatic carbocycles. The summed E-state index contributed by atoms with van der Waals surface area (Å²) in [6, 6.07) is 13.5. The van der Waals surface area contributed by atoms with Crippen molar-refractivity contribution in [2.24, 2.45) is 0 Å². The second-order valence-corrected chi connectivity index (χ2v) is 8.97. The summed E-state index contributed by atoms with van der Waals surface area (Å²) >= 11 is 7.30. The quantitative estimate of drug-likeness (QED) is 0.383. The Balaban J connectivity index is 1.22. The van der Waals surface area contributed by atoms with Gasteiger partial charge in [0.15, 0.2) is 5.82 Å². The van der Waals surface area contributed by atoms with Gasteiger partial charge in [0.25, 0.3) is 0 Å². The monoisotopic (exact) mass is 490 g/mol. The molecule has 1 aliphatic heterocycles. The zero-order chi connectivity index (χ0) is 23.2. The van der Waals surface area contributed by atoms with E-state index in [4.69, 9.17) is 22.2 Å². The fourth-order valence-electron chi connectivity index (χ4n) is 3.45. The van der Waals surface area contributed by atoms with Crippen molar-refractivity contribution in [3.8, 4) is 5.75 Å². The lowest BCUT2D eigenvalue weighted by Crippen LogP contribution is -2.48. The van der Waals surface area contributed by atoms with Gasteiger partial charge in [-0.05, 0) is 42.0 Å². The van der Waals surface area contributed by atoms with Crippen molar-refractivity contribution in [3.63, 3.8) is 0 Å². The van der Waals surface area contributed by atoms with Crippen LogP contribution in [0, 0.1) is 5.82 Å². The first-order chi connectivity index (χ1) is 16.0. The highest BCUT2D eigenvalue weighted by Gasteiger charge is 2.22. The number of thioether (sulfide) groups is 1. The van der Waals surface area contributed by atoms with E-state index in [1.807, 2.05) is 23.1 Å². The molecule has 0 aliphatic carbocycles. The molecule has 0 bridgehead atoms. The van der Waals surface area contributed by atoms with Crippen LogP contribution in [0.25, 0.3) is 0 Å². The molecule has 0 unspecified atom stereocenters. The molecule has 174 valence electrons. The minimum absolute atomic E-state index is 0.0366. The highest BCUT2D eigenvalue weighted by atomic mass is 35.5. The van der Waals surface area contributed by atoms with Gasteiger partial charge in [-0.3, -0.25) is 9.69 Å². The Morgan fingerprint density at radius 3 is 2.61 bits per heavy atom. The van der Waals surface area contributed by atoms with E-state index in [1.54, 1.807) is 0 Å². The SMILES string of the molecule is Nn1c(COc2ccc(F)cc2)nnc1SCC(=O)N1CCN(Cc2cccc(Cl)c2)CC1. The fraction of sp³-hybridized carbons (Fsp3) is 0.318. The number of hydrogen-bond acceptors (Lipinski definition) is 7. The summed E-state index contributed by atoms with van der Waals surface area (Å²) < 4.78 is 19.8. The highest BCUT2D eigenvalue weighted by Crippen LogP contribution is 2.19. The fourth-order valence-corrected chi connectivity index (χ4v) is 4.44. The van der Waals surface area contributed by atoms with E-state index in [0.29, 0.717) is 29.8 Å². The summed E-state index contributed by atoms with van der Waals surface area (Å²) in [5.74, 6) is 6.88. The molecule has 3 aromatic rings. The van der Waals surface area contributed by atoms with Gasteiger partial charge in [-0.25, -0.2) is 9.07 Å². The van der Waals surface area contributed by atoms with Crippen molar-refractivity contribution in [3.05, 3.63) is 70.8 Å². The number of aromatic nitrogens is 3. The van der Waals surface area contributed by atoms with Gasteiger partial charge in [0, 0.05) is 37.7 Å². The number of ether oxygens (including phenoxy) is 1. The number of nitrogens with two attached hydrogens (primary N) is 1. The van der Waals surface area contributed by atoms with Gasteiger partial charge in [0.1, 0.15) is 18.2 Å². The molecule has 1 aliphatic rings. The number of amides is 1. The molecule has 0 saturated carbocycles. The van der Waals surface area contributed by atoms with E-state index >= 15 is 0 Å². The Morgan fingerprint density at radius 1 is 1.12 bits per heavy atom. The molecule has 4 rings (SSSR count). The molecule has 0 atom stereocenters. The summed E-state index contributed by atoms with van der Waals surface area (Å²) in [4.78, 5) is 16.8. The van der Waals surface area contributed by atoms with E-state index < -0.39 is 0 Å². The largest absolute Gasteiger partial charge is 0.486 e. The zero-order valence-corrected chi connectivity index (χ0v) is 19.4. The van der Waals surface area contributed by atoms with E-state index in [2.05, 4.69) is 21.2 Å². The van der Waals surface area contributed by atoms with Gasteiger partial charge < -0.3 is 15.5 Å². The maximum absolute atomic E-state index is 13.0. The van der Waals surface area contributed by atoms with E-state index in [-0.39, 0.29) is 24.1 Å². The molecule has 2 heterocycles. The van der Waals surface area contributed by atoms with Crippen molar-refractivity contribution in [1.29, 1.82) is 0 Å². The second kappa shape index (κ2) is 10.9. The van der Waals surface area contributed by atoms with Crippen LogP contribution in [-0.4, -0.2) is 62.5 Å². The predicted molar refractivity (Wildman–Crippen MR) is 125 cm³/mol.